The normalized spacial score (nSPS) is 23.6. The highest BCUT2D eigenvalue weighted by molar-refractivity contribution is 6.35. The van der Waals surface area contributed by atoms with Gasteiger partial charge in [0, 0.05) is 38.1 Å². The van der Waals surface area contributed by atoms with Crippen LogP contribution in [0, 0.1) is 5.92 Å². The molecule has 0 saturated carbocycles. The van der Waals surface area contributed by atoms with Gasteiger partial charge in [-0.15, -0.1) is 13.2 Å². The van der Waals surface area contributed by atoms with E-state index < -0.39 is 66.1 Å². The molecule has 4 atom stereocenters. The van der Waals surface area contributed by atoms with Gasteiger partial charge in [-0.3, -0.25) is 28.7 Å². The average molecular weight is 508 g/mol. The lowest BCUT2D eigenvalue weighted by Gasteiger charge is -2.27. The second-order valence-corrected chi connectivity index (χ2v) is 9.55. The minimum absolute atomic E-state index is 0.000742. The van der Waals surface area contributed by atoms with Crippen LogP contribution in [0.5, 0.6) is 0 Å². The molecule has 0 aliphatic carbocycles. The van der Waals surface area contributed by atoms with Gasteiger partial charge in [-0.05, 0) is 33.6 Å². The number of hydrogen-bond donors (Lipinski definition) is 3. The summed E-state index contributed by atoms with van der Waals surface area (Å²) < 4.78 is 46.2. The summed E-state index contributed by atoms with van der Waals surface area (Å²) in [4.78, 5) is 63.7. The summed E-state index contributed by atoms with van der Waals surface area (Å²) in [7, 11) is 1.36. The Balaban J connectivity index is 2.18. The van der Waals surface area contributed by atoms with E-state index in [1.807, 2.05) is 0 Å². The number of rotatable bonds is 8. The van der Waals surface area contributed by atoms with Gasteiger partial charge in [0.15, 0.2) is 5.78 Å². The fourth-order valence-electron chi connectivity index (χ4n) is 3.91. The first-order valence-electron chi connectivity index (χ1n) is 11.1. The van der Waals surface area contributed by atoms with Crippen LogP contribution in [0.3, 0.4) is 0 Å². The standard InChI is InChI=1S/C21H31F3N4O7/c1-20(2,3)27-18(32)19(33)28-9-12(34-4)8-14(28)17(31)26-13(7-11-5-6-25-16(11)30)15(29)10-35-21(22,23)24/h11-14H,5-10H2,1-4H3,(H,25,30)(H,26,31)(H,27,32)/t11-,12+,13-,14-/m0/s1. The Morgan fingerprint density at radius 1 is 1.20 bits per heavy atom. The maximum atomic E-state index is 13.1. The van der Waals surface area contributed by atoms with Gasteiger partial charge < -0.3 is 25.6 Å². The molecule has 4 amide bonds. The summed E-state index contributed by atoms with van der Waals surface area (Å²) >= 11 is 0. The van der Waals surface area contributed by atoms with E-state index in [9.17, 15) is 37.1 Å². The van der Waals surface area contributed by atoms with Gasteiger partial charge in [-0.2, -0.15) is 0 Å². The fraction of sp³-hybridized carbons (Fsp3) is 0.762. The summed E-state index contributed by atoms with van der Waals surface area (Å²) in [5, 5.41) is 7.43. The lowest BCUT2D eigenvalue weighted by molar-refractivity contribution is -0.321. The Labute approximate surface area is 200 Å². The van der Waals surface area contributed by atoms with Crippen molar-refractivity contribution in [2.24, 2.45) is 5.92 Å². The predicted octanol–water partition coefficient (Wildman–Crippen LogP) is -0.366. The van der Waals surface area contributed by atoms with Crippen LogP contribution in [0.1, 0.15) is 40.0 Å². The average Bonchev–Trinajstić information content (AvgIpc) is 3.35. The number of hydrogen-bond acceptors (Lipinski definition) is 7. The van der Waals surface area contributed by atoms with Crippen molar-refractivity contribution >= 4 is 29.4 Å². The van der Waals surface area contributed by atoms with Gasteiger partial charge in [-0.1, -0.05) is 0 Å². The topological polar surface area (TPSA) is 143 Å². The largest absolute Gasteiger partial charge is 0.522 e. The van der Waals surface area contributed by atoms with Gasteiger partial charge in [-0.25, -0.2) is 0 Å². The van der Waals surface area contributed by atoms with Gasteiger partial charge in [0.2, 0.25) is 11.8 Å². The van der Waals surface area contributed by atoms with E-state index in [4.69, 9.17) is 4.74 Å². The number of Topliss-reactive ketones (excluding diaryl/α,β-unsaturated/α-hetero) is 1. The van der Waals surface area contributed by atoms with Crippen LogP contribution < -0.4 is 16.0 Å². The number of nitrogens with one attached hydrogen (secondary N) is 3. The SMILES string of the molecule is CO[C@@H]1C[C@@H](C(=O)N[C@@H](C[C@@H]2CCNC2=O)C(=O)COC(F)(F)F)N(C(=O)C(=O)NC(C)(C)C)C1. The van der Waals surface area contributed by atoms with Crippen LogP contribution in [0.4, 0.5) is 13.2 Å². The third-order valence-corrected chi connectivity index (χ3v) is 5.61. The molecule has 198 valence electrons. The Morgan fingerprint density at radius 2 is 1.86 bits per heavy atom. The van der Waals surface area contributed by atoms with E-state index in [0.717, 1.165) is 4.90 Å². The Hall–Kier alpha value is -2.74. The molecule has 0 aromatic heterocycles. The first-order chi connectivity index (χ1) is 16.1. The van der Waals surface area contributed by atoms with E-state index >= 15 is 0 Å². The van der Waals surface area contributed by atoms with Crippen LogP contribution in [0.2, 0.25) is 0 Å². The Kier molecular flexibility index (Phi) is 9.23. The van der Waals surface area contributed by atoms with E-state index in [2.05, 4.69) is 20.7 Å². The van der Waals surface area contributed by atoms with E-state index in [1.54, 1.807) is 20.8 Å². The lowest BCUT2D eigenvalue weighted by Crippen LogP contribution is -2.55. The Morgan fingerprint density at radius 3 is 2.37 bits per heavy atom. The molecular formula is C21H31F3N4O7. The van der Waals surface area contributed by atoms with E-state index in [0.29, 0.717) is 13.0 Å². The molecule has 14 heteroatoms. The smallest absolute Gasteiger partial charge is 0.380 e. The van der Waals surface area contributed by atoms with Crippen LogP contribution in [-0.4, -0.2) is 91.2 Å². The number of carbonyl (C=O) groups is 5. The summed E-state index contributed by atoms with van der Waals surface area (Å²) in [5.74, 6) is -4.95. The molecule has 2 fully saturated rings. The number of likely N-dealkylation sites (tertiary alicyclic amines) is 1. The van der Waals surface area contributed by atoms with Gasteiger partial charge in [0.05, 0.1) is 12.1 Å². The maximum Gasteiger partial charge on any atom is 0.522 e. The second-order valence-electron chi connectivity index (χ2n) is 9.55. The van der Waals surface area contributed by atoms with E-state index in [-0.39, 0.29) is 25.3 Å². The molecular weight excluding hydrogens is 477 g/mol. The van der Waals surface area contributed by atoms with Crippen LogP contribution in [0.25, 0.3) is 0 Å². The molecule has 0 aromatic carbocycles. The van der Waals surface area contributed by atoms with Crippen molar-refractivity contribution in [2.75, 3.05) is 26.8 Å². The summed E-state index contributed by atoms with van der Waals surface area (Å²) in [6, 6.07) is -2.69. The number of amides is 4. The van der Waals surface area contributed by atoms with Crippen molar-refractivity contribution in [1.82, 2.24) is 20.9 Å². The highest BCUT2D eigenvalue weighted by Gasteiger charge is 2.44. The molecule has 35 heavy (non-hydrogen) atoms. The van der Waals surface area contributed by atoms with Crippen LogP contribution >= 0.6 is 0 Å². The van der Waals surface area contributed by atoms with Gasteiger partial charge in [0.25, 0.3) is 0 Å². The maximum absolute atomic E-state index is 13.1. The number of alkyl halides is 3. The molecule has 2 rings (SSSR count). The molecule has 2 aliphatic rings. The molecule has 0 unspecified atom stereocenters. The molecule has 2 saturated heterocycles. The van der Waals surface area contributed by atoms with Crippen molar-refractivity contribution in [2.45, 2.75) is 70.1 Å². The highest BCUT2D eigenvalue weighted by Crippen LogP contribution is 2.23. The molecule has 0 bridgehead atoms. The minimum Gasteiger partial charge on any atom is -0.380 e. The van der Waals surface area contributed by atoms with Crippen LogP contribution in [0.15, 0.2) is 0 Å². The highest BCUT2D eigenvalue weighted by atomic mass is 19.4. The van der Waals surface area contributed by atoms with Crippen molar-refractivity contribution < 1.29 is 46.6 Å². The van der Waals surface area contributed by atoms with E-state index in [1.165, 1.54) is 7.11 Å². The lowest BCUT2D eigenvalue weighted by atomic mass is 9.95. The number of halogens is 3. The monoisotopic (exact) mass is 508 g/mol. The molecule has 2 heterocycles. The van der Waals surface area contributed by atoms with Crippen molar-refractivity contribution in [3.05, 3.63) is 0 Å². The number of nitrogens with zero attached hydrogens (tertiary/aromatic N) is 1. The number of ketones is 1. The number of methoxy groups -OCH3 is 1. The third-order valence-electron chi connectivity index (χ3n) is 5.61. The zero-order valence-electron chi connectivity index (χ0n) is 20.0. The van der Waals surface area contributed by atoms with Crippen molar-refractivity contribution in [3.8, 4) is 0 Å². The van der Waals surface area contributed by atoms with Crippen molar-refractivity contribution in [1.29, 1.82) is 0 Å². The minimum atomic E-state index is -5.06. The molecule has 0 radical (unpaired) electrons. The summed E-state index contributed by atoms with van der Waals surface area (Å²) in [6.07, 6.45) is -5.54. The summed E-state index contributed by atoms with van der Waals surface area (Å²) in [6.45, 7) is 3.91. The first kappa shape index (κ1) is 28.5. The molecule has 0 spiro atoms. The zero-order valence-corrected chi connectivity index (χ0v) is 20.0. The second kappa shape index (κ2) is 11.3. The first-order valence-corrected chi connectivity index (χ1v) is 11.1. The Bertz CT molecular complexity index is 844. The molecule has 2 aliphatic heterocycles. The zero-order chi connectivity index (χ0) is 26.6. The van der Waals surface area contributed by atoms with Crippen molar-refractivity contribution in [3.63, 3.8) is 0 Å². The molecule has 0 aromatic rings. The quantitative estimate of drug-likeness (QED) is 0.380. The predicted molar refractivity (Wildman–Crippen MR) is 113 cm³/mol. The van der Waals surface area contributed by atoms with Gasteiger partial charge >= 0.3 is 18.2 Å². The third kappa shape index (κ3) is 8.46. The summed E-state index contributed by atoms with van der Waals surface area (Å²) in [5.41, 5.74) is -0.720. The molecule has 11 nitrogen and oxygen atoms in total. The van der Waals surface area contributed by atoms with Gasteiger partial charge in [0.1, 0.15) is 12.6 Å². The fourth-order valence-corrected chi connectivity index (χ4v) is 3.91. The molecule has 3 N–H and O–H groups in total. The number of ether oxygens (including phenoxy) is 2. The number of carbonyl (C=O) groups excluding carboxylic acids is 5. The van der Waals surface area contributed by atoms with Crippen LogP contribution in [-0.2, 0) is 33.4 Å².